The predicted molar refractivity (Wildman–Crippen MR) is 97.4 cm³/mol. The zero-order valence-corrected chi connectivity index (χ0v) is 15.0. The lowest BCUT2D eigenvalue weighted by Gasteiger charge is -2.33. The normalized spacial score (nSPS) is 16.3. The number of halogens is 1. The van der Waals surface area contributed by atoms with Crippen LogP contribution in [0.1, 0.15) is 31.4 Å². The van der Waals surface area contributed by atoms with E-state index in [0.717, 1.165) is 24.1 Å². The number of nitrogens with zero attached hydrogens (tertiary/aromatic N) is 3. The Hall–Kier alpha value is -2.70. The summed E-state index contributed by atoms with van der Waals surface area (Å²) in [5, 5.41) is 7.05. The molecule has 138 valence electrons. The molecule has 1 aromatic heterocycles. The maximum atomic E-state index is 13.0. The summed E-state index contributed by atoms with van der Waals surface area (Å²) >= 11 is 0. The largest absolute Gasteiger partial charge is 0.370 e. The van der Waals surface area contributed by atoms with Crippen molar-refractivity contribution in [1.29, 1.82) is 0 Å². The number of hydrogen-bond acceptors (Lipinski definition) is 4. The number of carbonyl (C=O) groups excluding carboxylic acids is 1. The minimum absolute atomic E-state index is 0.0172. The van der Waals surface area contributed by atoms with E-state index in [1.54, 1.807) is 31.4 Å². The van der Waals surface area contributed by atoms with Crippen LogP contribution in [0.2, 0.25) is 0 Å². The van der Waals surface area contributed by atoms with Crippen LogP contribution in [-0.2, 0) is 11.8 Å². The van der Waals surface area contributed by atoms with Crippen molar-refractivity contribution in [2.24, 2.45) is 13.0 Å². The summed E-state index contributed by atoms with van der Waals surface area (Å²) in [4.78, 5) is 26.3. The van der Waals surface area contributed by atoms with Crippen LogP contribution in [0.3, 0.4) is 0 Å². The van der Waals surface area contributed by atoms with E-state index in [2.05, 4.69) is 15.3 Å². The van der Waals surface area contributed by atoms with Gasteiger partial charge in [-0.3, -0.25) is 9.59 Å². The molecule has 0 unspecified atom stereocenters. The fraction of sp³-hybridized carbons (Fsp3) is 0.421. The molecular weight excluding hydrogens is 335 g/mol. The van der Waals surface area contributed by atoms with Crippen LogP contribution in [-0.4, -0.2) is 28.8 Å². The SMILES string of the molecule is C[C@@H](NC(=O)C1CCN(c2cnn(C)c(=O)c2)CC1)c1ccc(F)cc1. The number of benzene rings is 1. The van der Waals surface area contributed by atoms with Crippen LogP contribution in [0.15, 0.2) is 41.3 Å². The minimum atomic E-state index is -0.287. The number of amides is 1. The third-order valence-corrected chi connectivity index (χ3v) is 4.91. The summed E-state index contributed by atoms with van der Waals surface area (Å²) in [5.74, 6) is -0.331. The minimum Gasteiger partial charge on any atom is -0.370 e. The molecule has 0 saturated carbocycles. The number of hydrogen-bond donors (Lipinski definition) is 1. The topological polar surface area (TPSA) is 67.2 Å². The first-order valence-corrected chi connectivity index (χ1v) is 8.78. The third kappa shape index (κ3) is 4.09. The van der Waals surface area contributed by atoms with Gasteiger partial charge in [-0.15, -0.1) is 0 Å². The lowest BCUT2D eigenvalue weighted by Crippen LogP contribution is -2.41. The van der Waals surface area contributed by atoms with E-state index in [1.165, 1.54) is 16.8 Å². The second-order valence-electron chi connectivity index (χ2n) is 6.72. The van der Waals surface area contributed by atoms with Crippen molar-refractivity contribution in [2.45, 2.75) is 25.8 Å². The summed E-state index contributed by atoms with van der Waals surface area (Å²) in [5.41, 5.74) is 1.53. The summed E-state index contributed by atoms with van der Waals surface area (Å²) < 4.78 is 14.3. The van der Waals surface area contributed by atoms with E-state index in [1.807, 2.05) is 6.92 Å². The Morgan fingerprint density at radius 1 is 1.27 bits per heavy atom. The maximum absolute atomic E-state index is 13.0. The van der Waals surface area contributed by atoms with Crippen LogP contribution < -0.4 is 15.8 Å². The van der Waals surface area contributed by atoms with Gasteiger partial charge in [0.15, 0.2) is 0 Å². The zero-order chi connectivity index (χ0) is 18.7. The smallest absolute Gasteiger partial charge is 0.268 e. The molecular formula is C19H23FN4O2. The number of anilines is 1. The second kappa shape index (κ2) is 7.68. The van der Waals surface area contributed by atoms with E-state index >= 15 is 0 Å². The Balaban J connectivity index is 1.55. The monoisotopic (exact) mass is 358 g/mol. The van der Waals surface area contributed by atoms with Crippen molar-refractivity contribution in [3.63, 3.8) is 0 Å². The molecule has 1 aliphatic heterocycles. The molecule has 1 aliphatic rings. The van der Waals surface area contributed by atoms with E-state index in [9.17, 15) is 14.0 Å². The van der Waals surface area contributed by atoms with E-state index in [0.29, 0.717) is 13.1 Å². The van der Waals surface area contributed by atoms with Crippen molar-refractivity contribution in [1.82, 2.24) is 15.1 Å². The lowest BCUT2D eigenvalue weighted by atomic mass is 9.95. The summed E-state index contributed by atoms with van der Waals surface area (Å²) in [6.07, 6.45) is 3.12. The van der Waals surface area contributed by atoms with Gasteiger partial charge in [0.25, 0.3) is 5.56 Å². The first kappa shape index (κ1) is 18.1. The molecule has 1 aromatic carbocycles. The van der Waals surface area contributed by atoms with Gasteiger partial charge in [0.1, 0.15) is 5.82 Å². The summed E-state index contributed by atoms with van der Waals surface area (Å²) in [6, 6.07) is 7.58. The zero-order valence-electron chi connectivity index (χ0n) is 15.0. The van der Waals surface area contributed by atoms with E-state index < -0.39 is 0 Å². The molecule has 0 bridgehead atoms. The quantitative estimate of drug-likeness (QED) is 0.908. The fourth-order valence-corrected chi connectivity index (χ4v) is 3.20. The molecule has 1 atom stereocenters. The van der Waals surface area contributed by atoms with Gasteiger partial charge in [-0.1, -0.05) is 12.1 Å². The van der Waals surface area contributed by atoms with Gasteiger partial charge in [-0.05, 0) is 37.5 Å². The van der Waals surface area contributed by atoms with Crippen molar-refractivity contribution >= 4 is 11.6 Å². The Labute approximate surface area is 151 Å². The average Bonchev–Trinajstić information content (AvgIpc) is 2.64. The van der Waals surface area contributed by atoms with E-state index in [4.69, 9.17) is 0 Å². The van der Waals surface area contributed by atoms with Gasteiger partial charge in [-0.25, -0.2) is 9.07 Å². The molecule has 0 radical (unpaired) electrons. The second-order valence-corrected chi connectivity index (χ2v) is 6.72. The van der Waals surface area contributed by atoms with Gasteiger partial charge in [0.2, 0.25) is 5.91 Å². The highest BCUT2D eigenvalue weighted by molar-refractivity contribution is 5.79. The average molecular weight is 358 g/mol. The molecule has 0 spiro atoms. The van der Waals surface area contributed by atoms with Crippen molar-refractivity contribution in [3.05, 3.63) is 58.3 Å². The number of nitrogens with one attached hydrogen (secondary N) is 1. The van der Waals surface area contributed by atoms with Crippen LogP contribution in [0.4, 0.5) is 10.1 Å². The predicted octanol–water partition coefficient (Wildman–Crippen LogP) is 2.01. The molecule has 6 nitrogen and oxygen atoms in total. The molecule has 2 heterocycles. The lowest BCUT2D eigenvalue weighted by molar-refractivity contribution is -0.126. The Kier molecular flexibility index (Phi) is 5.35. The molecule has 7 heteroatoms. The molecule has 1 saturated heterocycles. The van der Waals surface area contributed by atoms with Crippen LogP contribution in [0, 0.1) is 11.7 Å². The number of rotatable bonds is 4. The van der Waals surface area contributed by atoms with Crippen molar-refractivity contribution < 1.29 is 9.18 Å². The molecule has 1 N–H and O–H groups in total. The number of aryl methyl sites for hydroxylation is 1. The first-order chi connectivity index (χ1) is 12.4. The first-order valence-electron chi connectivity index (χ1n) is 8.78. The third-order valence-electron chi connectivity index (χ3n) is 4.91. The molecule has 1 amide bonds. The molecule has 2 aromatic rings. The molecule has 0 aliphatic carbocycles. The summed E-state index contributed by atoms with van der Waals surface area (Å²) in [7, 11) is 1.62. The van der Waals surface area contributed by atoms with Gasteiger partial charge >= 0.3 is 0 Å². The highest BCUT2D eigenvalue weighted by Crippen LogP contribution is 2.23. The molecule has 3 rings (SSSR count). The van der Waals surface area contributed by atoms with Gasteiger partial charge in [-0.2, -0.15) is 5.10 Å². The van der Waals surface area contributed by atoms with Gasteiger partial charge in [0, 0.05) is 32.1 Å². The fourth-order valence-electron chi connectivity index (χ4n) is 3.20. The highest BCUT2D eigenvalue weighted by atomic mass is 19.1. The Bertz CT molecular complexity index is 826. The number of piperidine rings is 1. The summed E-state index contributed by atoms with van der Waals surface area (Å²) in [6.45, 7) is 3.31. The van der Waals surface area contributed by atoms with Crippen LogP contribution in [0.5, 0.6) is 0 Å². The Morgan fingerprint density at radius 3 is 2.54 bits per heavy atom. The van der Waals surface area contributed by atoms with Crippen LogP contribution in [0.25, 0.3) is 0 Å². The highest BCUT2D eigenvalue weighted by Gasteiger charge is 2.26. The number of aromatic nitrogens is 2. The molecule has 1 fully saturated rings. The molecule has 26 heavy (non-hydrogen) atoms. The van der Waals surface area contributed by atoms with Crippen molar-refractivity contribution in [2.75, 3.05) is 18.0 Å². The van der Waals surface area contributed by atoms with Crippen molar-refractivity contribution in [3.8, 4) is 0 Å². The van der Waals surface area contributed by atoms with E-state index in [-0.39, 0.29) is 29.2 Å². The van der Waals surface area contributed by atoms with Gasteiger partial charge in [0.05, 0.1) is 17.9 Å². The maximum Gasteiger partial charge on any atom is 0.268 e. The Morgan fingerprint density at radius 2 is 1.92 bits per heavy atom. The standard InChI is InChI=1S/C19H23FN4O2/c1-13(14-3-5-16(20)6-4-14)22-19(26)15-7-9-24(10-8-15)17-11-18(25)23(2)21-12-17/h3-6,11-13,15H,7-10H2,1-2H3,(H,22,26)/t13-/m1/s1. The number of carbonyl (C=O) groups is 1. The van der Waals surface area contributed by atoms with Crippen LogP contribution >= 0.6 is 0 Å². The van der Waals surface area contributed by atoms with Gasteiger partial charge < -0.3 is 10.2 Å².